The molecular weight excluding hydrogens is 190 g/mol. The van der Waals surface area contributed by atoms with Crippen LogP contribution in [-0.2, 0) is 0 Å². The van der Waals surface area contributed by atoms with Gasteiger partial charge in [0.1, 0.15) is 17.8 Å². The fourth-order valence-electron chi connectivity index (χ4n) is 1.65. The van der Waals surface area contributed by atoms with Crippen molar-refractivity contribution < 1.29 is 0 Å². The molecule has 2 rings (SSSR count). The molecule has 1 N–H and O–H groups in total. The SMILES string of the molecule is CN(C)CN(C)c1ncnc2[nH]ccc12. The summed E-state index contributed by atoms with van der Waals surface area (Å²) >= 11 is 0. The molecule has 0 saturated carbocycles. The summed E-state index contributed by atoms with van der Waals surface area (Å²) in [6.45, 7) is 0.831. The third-order valence-corrected chi connectivity index (χ3v) is 2.19. The van der Waals surface area contributed by atoms with Crippen molar-refractivity contribution in [3.63, 3.8) is 0 Å². The number of fused-ring (bicyclic) bond motifs is 1. The molecule has 0 atom stereocenters. The van der Waals surface area contributed by atoms with Gasteiger partial charge in [-0.3, -0.25) is 4.90 Å². The van der Waals surface area contributed by atoms with E-state index in [4.69, 9.17) is 0 Å². The van der Waals surface area contributed by atoms with Crippen LogP contribution in [0.25, 0.3) is 11.0 Å². The Kier molecular flexibility index (Phi) is 2.55. The van der Waals surface area contributed by atoms with Crippen LogP contribution in [0.15, 0.2) is 18.6 Å². The van der Waals surface area contributed by atoms with E-state index < -0.39 is 0 Å². The van der Waals surface area contributed by atoms with Gasteiger partial charge in [-0.25, -0.2) is 9.97 Å². The number of H-pyrrole nitrogens is 1. The molecular formula is C10H15N5. The number of rotatable bonds is 3. The largest absolute Gasteiger partial charge is 0.346 e. The van der Waals surface area contributed by atoms with Crippen molar-refractivity contribution in [2.75, 3.05) is 32.7 Å². The molecule has 0 aromatic carbocycles. The number of anilines is 1. The smallest absolute Gasteiger partial charge is 0.142 e. The summed E-state index contributed by atoms with van der Waals surface area (Å²) < 4.78 is 0. The van der Waals surface area contributed by atoms with Crippen LogP contribution in [0.1, 0.15) is 0 Å². The molecule has 0 spiro atoms. The van der Waals surface area contributed by atoms with E-state index in [0.717, 1.165) is 23.5 Å². The fourth-order valence-corrected chi connectivity index (χ4v) is 1.65. The van der Waals surface area contributed by atoms with E-state index in [9.17, 15) is 0 Å². The van der Waals surface area contributed by atoms with Gasteiger partial charge in [-0.2, -0.15) is 0 Å². The molecule has 0 saturated heterocycles. The lowest BCUT2D eigenvalue weighted by atomic mass is 10.3. The molecule has 80 valence electrons. The van der Waals surface area contributed by atoms with Crippen LogP contribution in [-0.4, -0.2) is 47.7 Å². The molecule has 0 fully saturated rings. The standard InChI is InChI=1S/C10H15N5/c1-14(2)7-15(3)10-8-4-5-11-9(8)12-6-13-10/h4-6H,7H2,1-3H3,(H,11,12,13). The first-order valence-electron chi connectivity index (χ1n) is 4.82. The highest BCUT2D eigenvalue weighted by atomic mass is 15.3. The molecule has 2 aromatic rings. The molecule has 5 nitrogen and oxygen atoms in total. The van der Waals surface area contributed by atoms with Crippen LogP contribution in [0.5, 0.6) is 0 Å². The van der Waals surface area contributed by atoms with Crippen molar-refractivity contribution in [3.8, 4) is 0 Å². The van der Waals surface area contributed by atoms with Crippen LogP contribution in [0.2, 0.25) is 0 Å². The van der Waals surface area contributed by atoms with E-state index in [1.54, 1.807) is 6.33 Å². The van der Waals surface area contributed by atoms with Gasteiger partial charge in [0.05, 0.1) is 12.1 Å². The van der Waals surface area contributed by atoms with Crippen molar-refractivity contribution in [2.24, 2.45) is 0 Å². The second-order valence-corrected chi connectivity index (χ2v) is 3.86. The van der Waals surface area contributed by atoms with Crippen molar-refractivity contribution in [3.05, 3.63) is 18.6 Å². The van der Waals surface area contributed by atoms with Crippen LogP contribution in [0.4, 0.5) is 5.82 Å². The van der Waals surface area contributed by atoms with Crippen molar-refractivity contribution >= 4 is 16.9 Å². The Labute approximate surface area is 88.7 Å². The normalized spacial score (nSPS) is 11.2. The number of nitrogens with one attached hydrogen (secondary N) is 1. The van der Waals surface area contributed by atoms with Crippen LogP contribution in [0, 0.1) is 0 Å². The summed E-state index contributed by atoms with van der Waals surface area (Å²) in [6, 6.07) is 2.00. The summed E-state index contributed by atoms with van der Waals surface area (Å²) in [5, 5.41) is 1.06. The molecule has 0 radical (unpaired) electrons. The first-order chi connectivity index (χ1) is 7.18. The maximum atomic E-state index is 4.30. The predicted octanol–water partition coefficient (Wildman–Crippen LogP) is 0.913. The quantitative estimate of drug-likeness (QED) is 0.757. The average molecular weight is 205 g/mol. The Balaban J connectivity index is 2.38. The summed E-state index contributed by atoms with van der Waals surface area (Å²) in [5.41, 5.74) is 0.880. The Morgan fingerprint density at radius 1 is 1.27 bits per heavy atom. The van der Waals surface area contributed by atoms with E-state index in [-0.39, 0.29) is 0 Å². The first kappa shape index (κ1) is 9.92. The molecule has 5 heteroatoms. The highest BCUT2D eigenvalue weighted by Gasteiger charge is 2.09. The molecule has 0 aliphatic rings. The minimum atomic E-state index is 0.831. The predicted molar refractivity (Wildman–Crippen MR) is 60.8 cm³/mol. The lowest BCUT2D eigenvalue weighted by Crippen LogP contribution is -2.30. The van der Waals surface area contributed by atoms with E-state index in [1.807, 2.05) is 33.4 Å². The molecule has 0 aliphatic heterocycles. The zero-order valence-electron chi connectivity index (χ0n) is 9.23. The average Bonchev–Trinajstić information content (AvgIpc) is 2.63. The summed E-state index contributed by atoms with van der Waals surface area (Å²) in [5.74, 6) is 0.954. The van der Waals surface area contributed by atoms with Crippen molar-refractivity contribution in [1.82, 2.24) is 19.9 Å². The van der Waals surface area contributed by atoms with Crippen LogP contribution >= 0.6 is 0 Å². The fraction of sp³-hybridized carbons (Fsp3) is 0.400. The third-order valence-electron chi connectivity index (χ3n) is 2.19. The second kappa shape index (κ2) is 3.86. The van der Waals surface area contributed by atoms with Gasteiger partial charge >= 0.3 is 0 Å². The number of hydrogen-bond acceptors (Lipinski definition) is 4. The minimum absolute atomic E-state index is 0.831. The summed E-state index contributed by atoms with van der Waals surface area (Å²) in [7, 11) is 6.09. The minimum Gasteiger partial charge on any atom is -0.346 e. The number of aromatic nitrogens is 3. The Hall–Kier alpha value is -1.62. The summed E-state index contributed by atoms with van der Waals surface area (Å²) in [4.78, 5) is 15.7. The lowest BCUT2D eigenvalue weighted by Gasteiger charge is -2.22. The van der Waals surface area contributed by atoms with Crippen LogP contribution in [0.3, 0.4) is 0 Å². The highest BCUT2D eigenvalue weighted by Crippen LogP contribution is 2.20. The van der Waals surface area contributed by atoms with Crippen molar-refractivity contribution in [1.29, 1.82) is 0 Å². The van der Waals surface area contributed by atoms with Gasteiger partial charge in [0.15, 0.2) is 0 Å². The Morgan fingerprint density at radius 2 is 2.07 bits per heavy atom. The number of aromatic amines is 1. The molecule has 2 heterocycles. The van der Waals surface area contributed by atoms with E-state index in [2.05, 4.69) is 24.8 Å². The second-order valence-electron chi connectivity index (χ2n) is 3.86. The molecule has 15 heavy (non-hydrogen) atoms. The van der Waals surface area contributed by atoms with Crippen molar-refractivity contribution in [2.45, 2.75) is 0 Å². The Bertz CT molecular complexity index is 448. The zero-order chi connectivity index (χ0) is 10.8. The molecule has 0 amide bonds. The monoisotopic (exact) mass is 205 g/mol. The van der Waals surface area contributed by atoms with Gasteiger partial charge in [-0.1, -0.05) is 0 Å². The van der Waals surface area contributed by atoms with Gasteiger partial charge in [-0.05, 0) is 20.2 Å². The number of hydrogen-bond donors (Lipinski definition) is 1. The van der Waals surface area contributed by atoms with E-state index >= 15 is 0 Å². The molecule has 2 aromatic heterocycles. The van der Waals surface area contributed by atoms with E-state index in [0.29, 0.717) is 0 Å². The topological polar surface area (TPSA) is 48.1 Å². The lowest BCUT2D eigenvalue weighted by molar-refractivity contribution is 0.411. The Morgan fingerprint density at radius 3 is 2.80 bits per heavy atom. The van der Waals surface area contributed by atoms with Crippen LogP contribution < -0.4 is 4.90 Å². The highest BCUT2D eigenvalue weighted by molar-refractivity contribution is 5.87. The molecule has 0 aliphatic carbocycles. The molecule has 0 unspecified atom stereocenters. The zero-order valence-corrected chi connectivity index (χ0v) is 9.23. The third kappa shape index (κ3) is 1.92. The van der Waals surface area contributed by atoms with Gasteiger partial charge in [0.25, 0.3) is 0 Å². The van der Waals surface area contributed by atoms with Gasteiger partial charge in [0, 0.05) is 13.2 Å². The maximum Gasteiger partial charge on any atom is 0.142 e. The summed E-state index contributed by atoms with van der Waals surface area (Å²) in [6.07, 6.45) is 3.46. The van der Waals surface area contributed by atoms with Gasteiger partial charge in [0.2, 0.25) is 0 Å². The first-order valence-corrected chi connectivity index (χ1v) is 4.82. The van der Waals surface area contributed by atoms with Gasteiger partial charge in [-0.15, -0.1) is 0 Å². The van der Waals surface area contributed by atoms with Gasteiger partial charge < -0.3 is 9.88 Å². The van der Waals surface area contributed by atoms with E-state index in [1.165, 1.54) is 0 Å². The maximum absolute atomic E-state index is 4.30. The molecule has 0 bridgehead atoms. The number of nitrogens with zero attached hydrogens (tertiary/aromatic N) is 4.